The summed E-state index contributed by atoms with van der Waals surface area (Å²) in [6, 6.07) is 8.04. The average molecular weight is 331 g/mol. The molecule has 0 radical (unpaired) electrons. The smallest absolute Gasteiger partial charge is 0.123 e. The van der Waals surface area contributed by atoms with E-state index in [4.69, 9.17) is 14.2 Å². The van der Waals surface area contributed by atoms with E-state index in [0.29, 0.717) is 6.61 Å². The number of fused-ring (bicyclic) bond motifs is 1. The van der Waals surface area contributed by atoms with Crippen LogP contribution in [0.3, 0.4) is 0 Å². The Morgan fingerprint density at radius 3 is 3.04 bits per heavy atom. The molecule has 6 nitrogen and oxygen atoms in total. The highest BCUT2D eigenvalue weighted by molar-refractivity contribution is 5.33. The lowest BCUT2D eigenvalue weighted by Crippen LogP contribution is -2.27. The molecule has 0 amide bonds. The van der Waals surface area contributed by atoms with Gasteiger partial charge in [-0.1, -0.05) is 18.2 Å². The molecular weight excluding hydrogens is 306 g/mol. The lowest BCUT2D eigenvalue weighted by Gasteiger charge is -2.22. The topological polar surface area (TPSA) is 57.5 Å². The van der Waals surface area contributed by atoms with Gasteiger partial charge in [0.05, 0.1) is 32.6 Å². The van der Waals surface area contributed by atoms with Gasteiger partial charge in [0, 0.05) is 32.0 Å². The third-order valence-electron chi connectivity index (χ3n) is 4.23. The van der Waals surface area contributed by atoms with Crippen LogP contribution >= 0.6 is 0 Å². The molecule has 2 heterocycles. The first kappa shape index (κ1) is 17.0. The highest BCUT2D eigenvalue weighted by Gasteiger charge is 2.24. The van der Waals surface area contributed by atoms with Crippen molar-refractivity contribution in [1.29, 1.82) is 0 Å². The molecule has 1 atom stereocenters. The van der Waals surface area contributed by atoms with E-state index in [1.54, 1.807) is 14.2 Å². The number of benzene rings is 1. The second-order valence-electron chi connectivity index (χ2n) is 5.85. The van der Waals surface area contributed by atoms with Crippen LogP contribution in [0.2, 0.25) is 0 Å². The second kappa shape index (κ2) is 8.28. The van der Waals surface area contributed by atoms with Crippen LogP contribution < -0.4 is 10.1 Å². The number of rotatable bonds is 8. The fourth-order valence-corrected chi connectivity index (χ4v) is 2.97. The second-order valence-corrected chi connectivity index (χ2v) is 5.85. The minimum absolute atomic E-state index is 0.00717. The number of aromatic nitrogens is 2. The zero-order valence-electron chi connectivity index (χ0n) is 14.3. The average Bonchev–Trinajstić information content (AvgIpc) is 3.04. The lowest BCUT2D eigenvalue weighted by atomic mass is 10.1. The zero-order chi connectivity index (χ0) is 16.8. The number of nitrogens with zero attached hydrogens (tertiary/aromatic N) is 2. The summed E-state index contributed by atoms with van der Waals surface area (Å²) in [6.07, 6.45) is 3.03. The van der Waals surface area contributed by atoms with Gasteiger partial charge < -0.3 is 19.5 Å². The van der Waals surface area contributed by atoms with Crippen molar-refractivity contribution < 1.29 is 14.2 Å². The molecule has 130 valence electrons. The molecule has 0 saturated heterocycles. The Morgan fingerprint density at radius 2 is 2.21 bits per heavy atom. The minimum atomic E-state index is -0.00717. The molecule has 0 bridgehead atoms. The maximum atomic E-state index is 5.92. The van der Waals surface area contributed by atoms with Crippen LogP contribution in [0.4, 0.5) is 0 Å². The van der Waals surface area contributed by atoms with Crippen molar-refractivity contribution in [2.24, 2.45) is 0 Å². The van der Waals surface area contributed by atoms with Crippen LogP contribution in [-0.2, 0) is 29.0 Å². The predicted molar refractivity (Wildman–Crippen MR) is 91.2 cm³/mol. The highest BCUT2D eigenvalue weighted by atomic mass is 16.5. The van der Waals surface area contributed by atoms with Crippen molar-refractivity contribution in [1.82, 2.24) is 15.1 Å². The summed E-state index contributed by atoms with van der Waals surface area (Å²) >= 11 is 0. The van der Waals surface area contributed by atoms with Crippen molar-refractivity contribution in [3.8, 4) is 5.75 Å². The van der Waals surface area contributed by atoms with Crippen LogP contribution in [-0.4, -0.2) is 43.8 Å². The largest absolute Gasteiger partial charge is 0.496 e. The quantitative estimate of drug-likeness (QED) is 0.801. The van der Waals surface area contributed by atoms with Crippen molar-refractivity contribution in [2.75, 3.05) is 34.0 Å². The maximum absolute atomic E-state index is 5.92. The zero-order valence-corrected chi connectivity index (χ0v) is 14.3. The van der Waals surface area contributed by atoms with Crippen LogP contribution in [0, 0.1) is 0 Å². The number of hydrogen-bond donors (Lipinski definition) is 1. The fourth-order valence-electron chi connectivity index (χ4n) is 2.97. The van der Waals surface area contributed by atoms with E-state index in [-0.39, 0.29) is 6.10 Å². The molecular formula is C18H25N3O3. The van der Waals surface area contributed by atoms with Crippen molar-refractivity contribution >= 4 is 0 Å². The van der Waals surface area contributed by atoms with Gasteiger partial charge in [-0.05, 0) is 18.1 Å². The predicted octanol–water partition coefficient (Wildman–Crippen LogP) is 1.94. The SMILES string of the molecule is COCCn1cc2c(n1)C(CNCc1ccccc1OC)OCC2. The summed E-state index contributed by atoms with van der Waals surface area (Å²) in [7, 11) is 3.40. The molecule has 0 saturated carbocycles. The molecule has 1 aromatic heterocycles. The van der Waals surface area contributed by atoms with Gasteiger partial charge in [0.2, 0.25) is 0 Å². The lowest BCUT2D eigenvalue weighted by molar-refractivity contribution is 0.0391. The Hall–Kier alpha value is -1.89. The Balaban J connectivity index is 1.59. The molecule has 6 heteroatoms. The van der Waals surface area contributed by atoms with E-state index in [9.17, 15) is 0 Å². The van der Waals surface area contributed by atoms with Crippen molar-refractivity contribution in [2.45, 2.75) is 25.6 Å². The summed E-state index contributed by atoms with van der Waals surface area (Å²) in [4.78, 5) is 0. The van der Waals surface area contributed by atoms with E-state index in [2.05, 4.69) is 22.7 Å². The van der Waals surface area contributed by atoms with Crippen LogP contribution in [0.25, 0.3) is 0 Å². The standard InChI is InChI=1S/C18H25N3O3/c1-22-10-8-21-13-15-7-9-24-17(18(15)20-21)12-19-11-14-5-3-4-6-16(14)23-2/h3-6,13,17,19H,7-12H2,1-2H3. The molecule has 1 aromatic carbocycles. The third kappa shape index (κ3) is 3.95. The van der Waals surface area contributed by atoms with Crippen molar-refractivity contribution in [3.63, 3.8) is 0 Å². The maximum Gasteiger partial charge on any atom is 0.123 e. The molecule has 0 fully saturated rings. The first-order valence-corrected chi connectivity index (χ1v) is 8.31. The summed E-state index contributed by atoms with van der Waals surface area (Å²) in [5, 5.41) is 8.14. The van der Waals surface area contributed by atoms with Gasteiger partial charge in [0.25, 0.3) is 0 Å². The summed E-state index contributed by atoms with van der Waals surface area (Å²) in [5.74, 6) is 0.902. The molecule has 1 unspecified atom stereocenters. The van der Waals surface area contributed by atoms with E-state index in [1.165, 1.54) is 5.56 Å². The van der Waals surface area contributed by atoms with Gasteiger partial charge in [-0.25, -0.2) is 0 Å². The monoisotopic (exact) mass is 331 g/mol. The van der Waals surface area contributed by atoms with Gasteiger partial charge in [-0.2, -0.15) is 5.10 Å². The summed E-state index contributed by atoms with van der Waals surface area (Å²) in [6.45, 7) is 3.64. The first-order chi connectivity index (χ1) is 11.8. The molecule has 2 aromatic rings. The molecule has 0 spiro atoms. The van der Waals surface area contributed by atoms with Gasteiger partial charge in [-0.15, -0.1) is 0 Å². The molecule has 1 aliphatic rings. The Bertz CT molecular complexity index is 657. The molecule has 1 N–H and O–H groups in total. The minimum Gasteiger partial charge on any atom is -0.496 e. The molecule has 1 aliphatic heterocycles. The molecule has 3 rings (SSSR count). The van der Waals surface area contributed by atoms with Crippen molar-refractivity contribution in [3.05, 3.63) is 47.3 Å². The van der Waals surface area contributed by atoms with Crippen LogP contribution in [0.15, 0.2) is 30.5 Å². The normalized spacial score (nSPS) is 16.8. The first-order valence-electron chi connectivity index (χ1n) is 8.31. The Morgan fingerprint density at radius 1 is 1.33 bits per heavy atom. The number of methoxy groups -OCH3 is 2. The third-order valence-corrected chi connectivity index (χ3v) is 4.23. The summed E-state index contributed by atoms with van der Waals surface area (Å²) in [5.41, 5.74) is 3.47. The number of para-hydroxylation sites is 1. The highest BCUT2D eigenvalue weighted by Crippen LogP contribution is 2.25. The van der Waals surface area contributed by atoms with Gasteiger partial charge in [0.15, 0.2) is 0 Å². The van der Waals surface area contributed by atoms with Crippen LogP contribution in [0.1, 0.15) is 22.9 Å². The van der Waals surface area contributed by atoms with E-state index in [0.717, 1.165) is 49.7 Å². The molecule has 24 heavy (non-hydrogen) atoms. The van der Waals surface area contributed by atoms with Gasteiger partial charge in [-0.3, -0.25) is 4.68 Å². The van der Waals surface area contributed by atoms with E-state index in [1.807, 2.05) is 22.9 Å². The van der Waals surface area contributed by atoms with Gasteiger partial charge >= 0.3 is 0 Å². The number of hydrogen-bond acceptors (Lipinski definition) is 5. The molecule has 0 aliphatic carbocycles. The van der Waals surface area contributed by atoms with E-state index >= 15 is 0 Å². The number of nitrogens with one attached hydrogen (secondary N) is 1. The fraction of sp³-hybridized carbons (Fsp3) is 0.500. The van der Waals surface area contributed by atoms with E-state index < -0.39 is 0 Å². The Labute approximate surface area is 142 Å². The van der Waals surface area contributed by atoms with Gasteiger partial charge in [0.1, 0.15) is 11.9 Å². The summed E-state index contributed by atoms with van der Waals surface area (Å²) < 4.78 is 18.4. The number of ether oxygens (including phenoxy) is 3. The Kier molecular flexibility index (Phi) is 5.85. The van der Waals surface area contributed by atoms with Crippen LogP contribution in [0.5, 0.6) is 5.75 Å².